The standard InChI is InChI=1S/C16H18ClNO2/c1-10-7-12(8-11(2)16(10)20)15(9-19)18-14-6-4-3-5-13(14)17/h3-8,15,18-20H,9H2,1-2H3. The first-order valence-electron chi connectivity index (χ1n) is 6.45. The van der Waals surface area contributed by atoms with Gasteiger partial charge in [0, 0.05) is 0 Å². The van der Waals surface area contributed by atoms with E-state index in [2.05, 4.69) is 5.32 Å². The quantitative estimate of drug-likeness (QED) is 0.803. The summed E-state index contributed by atoms with van der Waals surface area (Å²) in [6.07, 6.45) is 0. The molecule has 0 aliphatic carbocycles. The lowest BCUT2D eigenvalue weighted by Crippen LogP contribution is -2.15. The predicted molar refractivity (Wildman–Crippen MR) is 82.5 cm³/mol. The van der Waals surface area contributed by atoms with Gasteiger partial charge in [0.05, 0.1) is 23.4 Å². The maximum atomic E-state index is 9.82. The lowest BCUT2D eigenvalue weighted by Gasteiger charge is -2.20. The van der Waals surface area contributed by atoms with E-state index in [1.165, 1.54) is 0 Å². The lowest BCUT2D eigenvalue weighted by molar-refractivity contribution is 0.276. The Morgan fingerprint density at radius 1 is 1.15 bits per heavy atom. The molecule has 0 radical (unpaired) electrons. The fourth-order valence-electron chi connectivity index (χ4n) is 2.19. The largest absolute Gasteiger partial charge is 0.507 e. The van der Waals surface area contributed by atoms with Gasteiger partial charge in [-0.05, 0) is 42.7 Å². The highest BCUT2D eigenvalue weighted by Gasteiger charge is 2.14. The second-order valence-corrected chi connectivity index (χ2v) is 5.27. The molecule has 2 rings (SSSR count). The third kappa shape index (κ3) is 3.06. The van der Waals surface area contributed by atoms with E-state index in [0.717, 1.165) is 22.4 Å². The van der Waals surface area contributed by atoms with Gasteiger partial charge in [-0.3, -0.25) is 0 Å². The number of phenolic OH excluding ortho intramolecular Hbond substituents is 1. The van der Waals surface area contributed by atoms with Crippen molar-refractivity contribution in [1.82, 2.24) is 0 Å². The van der Waals surface area contributed by atoms with Crippen molar-refractivity contribution in [2.24, 2.45) is 0 Å². The van der Waals surface area contributed by atoms with Crippen molar-refractivity contribution in [3.8, 4) is 5.75 Å². The number of aryl methyl sites for hydroxylation is 2. The van der Waals surface area contributed by atoms with Crippen LogP contribution in [0.1, 0.15) is 22.7 Å². The van der Waals surface area contributed by atoms with Crippen LogP contribution in [0.3, 0.4) is 0 Å². The highest BCUT2D eigenvalue weighted by molar-refractivity contribution is 6.33. The maximum absolute atomic E-state index is 9.82. The second-order valence-electron chi connectivity index (χ2n) is 4.86. The molecule has 0 saturated carbocycles. The predicted octanol–water partition coefficient (Wildman–Crippen LogP) is 3.81. The third-order valence-corrected chi connectivity index (χ3v) is 3.63. The number of nitrogens with one attached hydrogen (secondary N) is 1. The van der Waals surface area contributed by atoms with Crippen LogP contribution in [0.25, 0.3) is 0 Å². The van der Waals surface area contributed by atoms with Crippen LogP contribution in [0.2, 0.25) is 5.02 Å². The monoisotopic (exact) mass is 291 g/mol. The van der Waals surface area contributed by atoms with Crippen LogP contribution < -0.4 is 5.32 Å². The number of aromatic hydroxyl groups is 1. The van der Waals surface area contributed by atoms with Crippen LogP contribution in [-0.4, -0.2) is 16.8 Å². The Bertz CT molecular complexity index is 590. The van der Waals surface area contributed by atoms with Crippen molar-refractivity contribution < 1.29 is 10.2 Å². The fraction of sp³-hybridized carbons (Fsp3) is 0.250. The van der Waals surface area contributed by atoms with Gasteiger partial charge in [0.1, 0.15) is 5.75 Å². The number of phenols is 1. The molecule has 106 valence electrons. The molecule has 3 nitrogen and oxygen atoms in total. The average molecular weight is 292 g/mol. The molecular weight excluding hydrogens is 274 g/mol. The lowest BCUT2D eigenvalue weighted by atomic mass is 10.0. The summed E-state index contributed by atoms with van der Waals surface area (Å²) in [7, 11) is 0. The third-order valence-electron chi connectivity index (χ3n) is 3.30. The topological polar surface area (TPSA) is 52.5 Å². The van der Waals surface area contributed by atoms with Gasteiger partial charge in [-0.2, -0.15) is 0 Å². The molecule has 1 unspecified atom stereocenters. The van der Waals surface area contributed by atoms with Crippen LogP contribution in [0.4, 0.5) is 5.69 Å². The molecule has 0 fully saturated rings. The summed E-state index contributed by atoms with van der Waals surface area (Å²) < 4.78 is 0. The summed E-state index contributed by atoms with van der Waals surface area (Å²) in [5.74, 6) is 0.295. The average Bonchev–Trinajstić information content (AvgIpc) is 2.43. The van der Waals surface area contributed by atoms with Gasteiger partial charge >= 0.3 is 0 Å². The zero-order chi connectivity index (χ0) is 14.7. The Hall–Kier alpha value is -1.71. The van der Waals surface area contributed by atoms with Crippen LogP contribution in [0, 0.1) is 13.8 Å². The molecule has 0 aromatic heterocycles. The number of benzene rings is 2. The van der Waals surface area contributed by atoms with Crippen molar-refractivity contribution >= 4 is 17.3 Å². The molecule has 2 aromatic rings. The fourth-order valence-corrected chi connectivity index (χ4v) is 2.38. The van der Waals surface area contributed by atoms with Gasteiger partial charge in [-0.25, -0.2) is 0 Å². The first-order chi connectivity index (χ1) is 9.52. The van der Waals surface area contributed by atoms with Gasteiger partial charge in [-0.1, -0.05) is 35.9 Å². The molecule has 0 heterocycles. The van der Waals surface area contributed by atoms with E-state index >= 15 is 0 Å². The first kappa shape index (κ1) is 14.7. The van der Waals surface area contributed by atoms with Gasteiger partial charge in [-0.15, -0.1) is 0 Å². The number of hydrogen-bond donors (Lipinski definition) is 3. The summed E-state index contributed by atoms with van der Waals surface area (Å²) in [4.78, 5) is 0. The van der Waals surface area contributed by atoms with E-state index in [-0.39, 0.29) is 12.6 Å². The highest BCUT2D eigenvalue weighted by atomic mass is 35.5. The Kier molecular flexibility index (Phi) is 4.53. The molecule has 0 spiro atoms. The molecule has 0 aliphatic heterocycles. The summed E-state index contributed by atoms with van der Waals surface area (Å²) >= 11 is 6.12. The molecule has 1 atom stereocenters. The van der Waals surface area contributed by atoms with E-state index in [0.29, 0.717) is 10.8 Å². The van der Waals surface area contributed by atoms with Crippen LogP contribution in [0.15, 0.2) is 36.4 Å². The number of aliphatic hydroxyl groups excluding tert-OH is 1. The minimum Gasteiger partial charge on any atom is -0.507 e. The zero-order valence-electron chi connectivity index (χ0n) is 11.5. The Morgan fingerprint density at radius 3 is 2.30 bits per heavy atom. The van der Waals surface area contributed by atoms with Gasteiger partial charge < -0.3 is 15.5 Å². The van der Waals surface area contributed by atoms with Gasteiger partial charge in [0.25, 0.3) is 0 Å². The molecule has 20 heavy (non-hydrogen) atoms. The van der Waals surface area contributed by atoms with Crippen molar-refractivity contribution in [3.63, 3.8) is 0 Å². The summed E-state index contributed by atoms with van der Waals surface area (Å²) in [5.41, 5.74) is 3.27. The number of hydrogen-bond acceptors (Lipinski definition) is 3. The van der Waals surface area contributed by atoms with Crippen molar-refractivity contribution in [2.75, 3.05) is 11.9 Å². The van der Waals surface area contributed by atoms with E-state index in [1.807, 2.05) is 44.2 Å². The second kappa shape index (κ2) is 6.16. The molecule has 2 aromatic carbocycles. The molecule has 0 aliphatic rings. The first-order valence-corrected chi connectivity index (χ1v) is 6.82. The van der Waals surface area contributed by atoms with E-state index in [1.54, 1.807) is 6.07 Å². The molecule has 0 saturated heterocycles. The molecule has 3 N–H and O–H groups in total. The van der Waals surface area contributed by atoms with Crippen LogP contribution in [0.5, 0.6) is 5.75 Å². The Balaban J connectivity index is 2.31. The molecular formula is C16H18ClNO2. The van der Waals surface area contributed by atoms with Crippen LogP contribution >= 0.6 is 11.6 Å². The normalized spacial score (nSPS) is 12.2. The summed E-state index contributed by atoms with van der Waals surface area (Å²) in [5, 5.41) is 23.3. The SMILES string of the molecule is Cc1cc(C(CO)Nc2ccccc2Cl)cc(C)c1O. The molecule has 4 heteroatoms. The van der Waals surface area contributed by atoms with Crippen molar-refractivity contribution in [2.45, 2.75) is 19.9 Å². The number of para-hydroxylation sites is 1. The Labute approximate surface area is 123 Å². The zero-order valence-corrected chi connectivity index (χ0v) is 12.3. The van der Waals surface area contributed by atoms with E-state index < -0.39 is 0 Å². The van der Waals surface area contributed by atoms with Gasteiger partial charge in [0.15, 0.2) is 0 Å². The van der Waals surface area contributed by atoms with E-state index in [4.69, 9.17) is 11.6 Å². The highest BCUT2D eigenvalue weighted by Crippen LogP contribution is 2.29. The van der Waals surface area contributed by atoms with Crippen LogP contribution in [-0.2, 0) is 0 Å². The smallest absolute Gasteiger partial charge is 0.121 e. The molecule has 0 bridgehead atoms. The number of aliphatic hydroxyl groups is 1. The van der Waals surface area contributed by atoms with E-state index in [9.17, 15) is 10.2 Å². The number of halogens is 1. The Morgan fingerprint density at radius 2 is 1.75 bits per heavy atom. The van der Waals surface area contributed by atoms with Crippen molar-refractivity contribution in [3.05, 3.63) is 58.1 Å². The minimum atomic E-state index is -0.270. The number of anilines is 1. The summed E-state index contributed by atoms with van der Waals surface area (Å²) in [6, 6.07) is 10.9. The maximum Gasteiger partial charge on any atom is 0.121 e. The summed E-state index contributed by atoms with van der Waals surface area (Å²) in [6.45, 7) is 3.63. The van der Waals surface area contributed by atoms with Gasteiger partial charge in [0.2, 0.25) is 0 Å². The minimum absolute atomic E-state index is 0.0606. The number of rotatable bonds is 4. The van der Waals surface area contributed by atoms with Crippen molar-refractivity contribution in [1.29, 1.82) is 0 Å². The molecule has 0 amide bonds.